The second-order valence-corrected chi connectivity index (χ2v) is 6.04. The van der Waals surface area contributed by atoms with E-state index in [4.69, 9.17) is 11.6 Å². The van der Waals surface area contributed by atoms with Crippen LogP contribution in [-0.4, -0.2) is 31.3 Å². The van der Waals surface area contributed by atoms with E-state index in [1.165, 1.54) is 0 Å². The van der Waals surface area contributed by atoms with Gasteiger partial charge in [0.15, 0.2) is 5.78 Å². The van der Waals surface area contributed by atoms with Crippen molar-refractivity contribution >= 4 is 29.0 Å². The van der Waals surface area contributed by atoms with E-state index in [2.05, 4.69) is 17.6 Å². The molecule has 2 aromatic rings. The standard InChI is InChI=1S/C20H20ClNO/c1-15(17-10-12-19(21)13-11-17)20(23)18-8-6-16(7-9-18)5-4-14-22(2)3/h4-13H,1,14H2,2-3H3. The SMILES string of the molecule is C=C(C(=O)c1ccc(C=CCN(C)C)cc1)c1ccc(Cl)cc1. The third kappa shape index (κ3) is 4.92. The van der Waals surface area contributed by atoms with Crippen molar-refractivity contribution in [3.05, 3.63) is 82.9 Å². The molecular formula is C20H20ClNO. The van der Waals surface area contributed by atoms with E-state index in [-0.39, 0.29) is 5.78 Å². The number of benzene rings is 2. The molecule has 2 nitrogen and oxygen atoms in total. The number of halogens is 1. The van der Waals surface area contributed by atoms with Crippen molar-refractivity contribution in [1.29, 1.82) is 0 Å². The molecule has 0 radical (unpaired) electrons. The molecule has 0 aliphatic rings. The summed E-state index contributed by atoms with van der Waals surface area (Å²) in [7, 11) is 4.04. The summed E-state index contributed by atoms with van der Waals surface area (Å²) in [5, 5.41) is 0.642. The highest BCUT2D eigenvalue weighted by molar-refractivity contribution is 6.31. The lowest BCUT2D eigenvalue weighted by atomic mass is 9.97. The second-order valence-electron chi connectivity index (χ2n) is 5.60. The Morgan fingerprint density at radius 1 is 1.04 bits per heavy atom. The number of carbonyl (C=O) groups is 1. The predicted octanol–water partition coefficient (Wildman–Crippen LogP) is 4.81. The summed E-state index contributed by atoms with van der Waals surface area (Å²) in [4.78, 5) is 14.6. The van der Waals surface area contributed by atoms with Gasteiger partial charge in [-0.2, -0.15) is 0 Å². The molecule has 0 heterocycles. The minimum absolute atomic E-state index is 0.0730. The van der Waals surface area contributed by atoms with Crippen LogP contribution in [0.25, 0.3) is 11.6 Å². The van der Waals surface area contributed by atoms with Crippen molar-refractivity contribution in [2.75, 3.05) is 20.6 Å². The van der Waals surface area contributed by atoms with Crippen LogP contribution in [0.1, 0.15) is 21.5 Å². The molecule has 0 bridgehead atoms. The highest BCUT2D eigenvalue weighted by atomic mass is 35.5. The van der Waals surface area contributed by atoms with Crippen LogP contribution in [0.4, 0.5) is 0 Å². The maximum Gasteiger partial charge on any atom is 0.193 e. The van der Waals surface area contributed by atoms with Crippen LogP contribution in [0.15, 0.2) is 61.2 Å². The van der Waals surface area contributed by atoms with Gasteiger partial charge in [0, 0.05) is 22.7 Å². The molecule has 0 saturated carbocycles. The first-order valence-electron chi connectivity index (χ1n) is 7.38. The van der Waals surface area contributed by atoms with Gasteiger partial charge in [-0.05, 0) is 37.4 Å². The average molecular weight is 326 g/mol. The van der Waals surface area contributed by atoms with Gasteiger partial charge in [0.2, 0.25) is 0 Å². The number of likely N-dealkylation sites (N-methyl/N-ethyl adjacent to an activating group) is 1. The second kappa shape index (κ2) is 7.91. The van der Waals surface area contributed by atoms with Gasteiger partial charge in [-0.1, -0.05) is 66.7 Å². The molecule has 118 valence electrons. The smallest absolute Gasteiger partial charge is 0.193 e. The normalized spacial score (nSPS) is 11.1. The van der Waals surface area contributed by atoms with Crippen LogP contribution in [0.2, 0.25) is 5.02 Å². The summed E-state index contributed by atoms with van der Waals surface area (Å²) in [6.07, 6.45) is 4.13. The molecule has 0 amide bonds. The number of hydrogen-bond acceptors (Lipinski definition) is 2. The van der Waals surface area contributed by atoms with Crippen molar-refractivity contribution < 1.29 is 4.79 Å². The molecule has 23 heavy (non-hydrogen) atoms. The van der Waals surface area contributed by atoms with Crippen molar-refractivity contribution in [1.82, 2.24) is 4.90 Å². The lowest BCUT2D eigenvalue weighted by Gasteiger charge is -2.06. The first kappa shape index (κ1) is 17.2. The molecular weight excluding hydrogens is 306 g/mol. The maximum atomic E-state index is 12.5. The molecule has 0 aromatic heterocycles. The lowest BCUT2D eigenvalue weighted by Crippen LogP contribution is -2.10. The van der Waals surface area contributed by atoms with Gasteiger partial charge in [-0.3, -0.25) is 4.79 Å². The van der Waals surface area contributed by atoms with Crippen molar-refractivity contribution in [2.24, 2.45) is 0 Å². The summed E-state index contributed by atoms with van der Waals surface area (Å²) in [5.74, 6) is -0.0730. The molecule has 2 rings (SSSR count). The zero-order valence-electron chi connectivity index (χ0n) is 13.4. The van der Waals surface area contributed by atoms with Gasteiger partial charge in [-0.25, -0.2) is 0 Å². The van der Waals surface area contributed by atoms with E-state index in [1.54, 1.807) is 24.3 Å². The maximum absolute atomic E-state index is 12.5. The van der Waals surface area contributed by atoms with E-state index >= 15 is 0 Å². The van der Waals surface area contributed by atoms with Gasteiger partial charge in [0.25, 0.3) is 0 Å². The summed E-state index contributed by atoms with van der Waals surface area (Å²) < 4.78 is 0. The topological polar surface area (TPSA) is 20.3 Å². The molecule has 0 fully saturated rings. The summed E-state index contributed by atoms with van der Waals surface area (Å²) in [6, 6.07) is 14.7. The number of hydrogen-bond donors (Lipinski definition) is 0. The Kier molecular flexibility index (Phi) is 5.91. The minimum atomic E-state index is -0.0730. The van der Waals surface area contributed by atoms with E-state index in [0.717, 1.165) is 17.7 Å². The van der Waals surface area contributed by atoms with E-state index in [0.29, 0.717) is 16.2 Å². The van der Waals surface area contributed by atoms with Crippen molar-refractivity contribution in [3.8, 4) is 0 Å². The number of Topliss-reactive ketones (excluding diaryl/α,β-unsaturated/α-hetero) is 1. The summed E-state index contributed by atoms with van der Waals surface area (Å²) in [5.41, 5.74) is 2.96. The summed E-state index contributed by atoms with van der Waals surface area (Å²) >= 11 is 5.87. The zero-order chi connectivity index (χ0) is 16.8. The minimum Gasteiger partial charge on any atom is -0.306 e. The fraction of sp³-hybridized carbons (Fsp3) is 0.150. The fourth-order valence-corrected chi connectivity index (χ4v) is 2.23. The first-order valence-corrected chi connectivity index (χ1v) is 7.76. The molecule has 0 saturated heterocycles. The van der Waals surface area contributed by atoms with Gasteiger partial charge in [-0.15, -0.1) is 0 Å². The number of allylic oxidation sites excluding steroid dienone is 1. The van der Waals surface area contributed by atoms with Crippen molar-refractivity contribution in [2.45, 2.75) is 0 Å². The van der Waals surface area contributed by atoms with Gasteiger partial charge in [0.1, 0.15) is 0 Å². The molecule has 0 N–H and O–H groups in total. The van der Waals surface area contributed by atoms with Crippen LogP contribution in [0, 0.1) is 0 Å². The lowest BCUT2D eigenvalue weighted by molar-refractivity contribution is 0.105. The Bertz CT molecular complexity index is 712. The molecule has 0 aliphatic carbocycles. The van der Waals surface area contributed by atoms with E-state index in [1.807, 2.05) is 44.4 Å². The quantitative estimate of drug-likeness (QED) is 0.561. The molecule has 0 spiro atoms. The van der Waals surface area contributed by atoms with Crippen LogP contribution < -0.4 is 0 Å². The monoisotopic (exact) mass is 325 g/mol. The van der Waals surface area contributed by atoms with Gasteiger partial charge < -0.3 is 4.90 Å². The van der Waals surface area contributed by atoms with Crippen molar-refractivity contribution in [3.63, 3.8) is 0 Å². The van der Waals surface area contributed by atoms with Gasteiger partial charge in [0.05, 0.1) is 0 Å². The van der Waals surface area contributed by atoms with Crippen LogP contribution >= 0.6 is 11.6 Å². The Labute approximate surface area is 142 Å². The van der Waals surface area contributed by atoms with Crippen LogP contribution in [0.5, 0.6) is 0 Å². The molecule has 2 aromatic carbocycles. The van der Waals surface area contributed by atoms with E-state index in [9.17, 15) is 4.79 Å². The number of nitrogens with zero attached hydrogens (tertiary/aromatic N) is 1. The Morgan fingerprint density at radius 2 is 1.61 bits per heavy atom. The predicted molar refractivity (Wildman–Crippen MR) is 98.8 cm³/mol. The fourth-order valence-electron chi connectivity index (χ4n) is 2.10. The Hall–Kier alpha value is -2.16. The highest BCUT2D eigenvalue weighted by Gasteiger charge is 2.11. The van der Waals surface area contributed by atoms with Gasteiger partial charge >= 0.3 is 0 Å². The third-order valence-corrected chi connectivity index (χ3v) is 3.67. The zero-order valence-corrected chi connectivity index (χ0v) is 14.2. The molecule has 0 atom stereocenters. The van der Waals surface area contributed by atoms with Crippen LogP contribution in [0.3, 0.4) is 0 Å². The molecule has 0 unspecified atom stereocenters. The Morgan fingerprint density at radius 3 is 2.17 bits per heavy atom. The number of carbonyl (C=O) groups excluding carboxylic acids is 1. The third-order valence-electron chi connectivity index (χ3n) is 3.42. The molecule has 3 heteroatoms. The largest absolute Gasteiger partial charge is 0.306 e. The van der Waals surface area contributed by atoms with E-state index < -0.39 is 0 Å². The highest BCUT2D eigenvalue weighted by Crippen LogP contribution is 2.20. The average Bonchev–Trinajstić information content (AvgIpc) is 2.54. The first-order chi connectivity index (χ1) is 11.0. The Balaban J connectivity index is 2.09. The molecule has 0 aliphatic heterocycles. The number of ketones is 1. The van der Waals surface area contributed by atoms with Crippen LogP contribution in [-0.2, 0) is 0 Å². The number of rotatable bonds is 6. The summed E-state index contributed by atoms with van der Waals surface area (Å²) in [6.45, 7) is 4.79.